The first kappa shape index (κ1) is 15.5. The van der Waals surface area contributed by atoms with Crippen LogP contribution in [0.4, 0.5) is 0 Å². The lowest BCUT2D eigenvalue weighted by Crippen LogP contribution is -2.26. The third-order valence-electron chi connectivity index (χ3n) is 4.28. The largest absolute Gasteiger partial charge is 0.508 e. The zero-order valence-electron chi connectivity index (χ0n) is 13.2. The molecular weight excluding hydrogens is 268 g/mol. The number of phenolic OH excluding ortho intramolecular Hbond substituents is 1. The summed E-state index contributed by atoms with van der Waals surface area (Å²) in [4.78, 5) is 23.6. The van der Waals surface area contributed by atoms with Gasteiger partial charge < -0.3 is 9.84 Å². The van der Waals surface area contributed by atoms with Gasteiger partial charge in [-0.25, -0.2) is 0 Å². The molecule has 0 radical (unpaired) electrons. The lowest BCUT2D eigenvalue weighted by molar-refractivity contribution is -0.132. The van der Waals surface area contributed by atoms with Crippen LogP contribution in [0.15, 0.2) is 6.07 Å². The van der Waals surface area contributed by atoms with Crippen LogP contribution in [0.2, 0.25) is 0 Å². The zero-order valence-corrected chi connectivity index (χ0v) is 13.2. The maximum atomic E-state index is 12.2. The number of aromatic hydroxyl groups is 1. The average molecular weight is 290 g/mol. The number of hydrogen-bond donors (Lipinski definition) is 1. The molecule has 1 aliphatic rings. The van der Waals surface area contributed by atoms with Crippen molar-refractivity contribution >= 4 is 11.8 Å². The number of phenols is 1. The predicted molar refractivity (Wildman–Crippen MR) is 79.8 cm³/mol. The van der Waals surface area contributed by atoms with Crippen molar-refractivity contribution < 1.29 is 19.4 Å². The Balaban J connectivity index is 2.75. The van der Waals surface area contributed by atoms with E-state index in [4.69, 9.17) is 4.74 Å². The second-order valence-electron chi connectivity index (χ2n) is 6.21. The van der Waals surface area contributed by atoms with Gasteiger partial charge in [0.1, 0.15) is 17.3 Å². The Morgan fingerprint density at radius 1 is 1.38 bits per heavy atom. The van der Waals surface area contributed by atoms with Gasteiger partial charge in [-0.15, -0.1) is 0 Å². The summed E-state index contributed by atoms with van der Waals surface area (Å²) >= 11 is 0. The van der Waals surface area contributed by atoms with Crippen LogP contribution < -0.4 is 4.74 Å². The van der Waals surface area contributed by atoms with E-state index in [-0.39, 0.29) is 29.3 Å². The summed E-state index contributed by atoms with van der Waals surface area (Å²) in [6.45, 7) is 9.03. The number of rotatable bonds is 2. The Labute approximate surface area is 125 Å². The topological polar surface area (TPSA) is 63.6 Å². The first-order valence-corrected chi connectivity index (χ1v) is 7.31. The number of fused-ring (bicyclic) bond motifs is 1. The van der Waals surface area contributed by atoms with Crippen LogP contribution in [0.1, 0.15) is 62.6 Å². The van der Waals surface area contributed by atoms with Crippen LogP contribution in [0.5, 0.6) is 11.5 Å². The number of aryl methyl sites for hydroxylation is 1. The Hall–Kier alpha value is -1.84. The molecule has 0 aliphatic heterocycles. The van der Waals surface area contributed by atoms with E-state index in [1.807, 2.05) is 13.8 Å². The maximum absolute atomic E-state index is 12.2. The number of carbonyl (C=O) groups excluding carboxylic acids is 2. The minimum absolute atomic E-state index is 0.0381. The van der Waals surface area contributed by atoms with Crippen LogP contribution in [-0.2, 0) is 9.59 Å². The van der Waals surface area contributed by atoms with Crippen LogP contribution in [0.3, 0.4) is 0 Å². The summed E-state index contributed by atoms with van der Waals surface area (Å²) in [6.07, 6.45) is 0.420. The highest BCUT2D eigenvalue weighted by atomic mass is 16.5. The van der Waals surface area contributed by atoms with E-state index in [0.717, 1.165) is 5.56 Å². The molecule has 1 N–H and O–H groups in total. The van der Waals surface area contributed by atoms with Crippen molar-refractivity contribution in [3.8, 4) is 11.5 Å². The smallest absolute Gasteiger partial charge is 0.308 e. The minimum Gasteiger partial charge on any atom is -0.508 e. The Kier molecular flexibility index (Phi) is 4.08. The molecule has 0 saturated heterocycles. The van der Waals surface area contributed by atoms with Crippen LogP contribution >= 0.6 is 0 Å². The average Bonchev–Trinajstić information content (AvgIpc) is 2.36. The van der Waals surface area contributed by atoms with Crippen LogP contribution in [0.25, 0.3) is 0 Å². The molecule has 0 saturated carbocycles. The van der Waals surface area contributed by atoms with Crippen molar-refractivity contribution in [1.29, 1.82) is 0 Å². The molecule has 0 bridgehead atoms. The summed E-state index contributed by atoms with van der Waals surface area (Å²) in [7, 11) is 0. The molecule has 0 heterocycles. The lowest BCUT2D eigenvalue weighted by Gasteiger charge is -2.33. The van der Waals surface area contributed by atoms with Gasteiger partial charge in [0, 0.05) is 30.4 Å². The fraction of sp³-hybridized carbons (Fsp3) is 0.529. The Bertz CT molecular complexity index is 601. The molecule has 1 aliphatic carbocycles. The number of Topliss-reactive ketones (excluding diaryl/α,β-unsaturated/α-hetero) is 1. The summed E-state index contributed by atoms with van der Waals surface area (Å²) in [6, 6.07) is 1.57. The third kappa shape index (κ3) is 2.67. The van der Waals surface area contributed by atoms with Crippen LogP contribution in [0, 0.1) is 12.8 Å². The highest BCUT2D eigenvalue weighted by molar-refractivity contribution is 5.90. The molecule has 2 atom stereocenters. The van der Waals surface area contributed by atoms with Gasteiger partial charge in [-0.05, 0) is 30.4 Å². The monoisotopic (exact) mass is 290 g/mol. The summed E-state index contributed by atoms with van der Waals surface area (Å²) in [5.41, 5.74) is 2.16. The number of ketones is 1. The predicted octanol–water partition coefficient (Wildman–Crippen LogP) is 3.44. The summed E-state index contributed by atoms with van der Waals surface area (Å²) in [5, 5.41) is 10.3. The maximum Gasteiger partial charge on any atom is 0.308 e. The molecule has 114 valence electrons. The van der Waals surface area contributed by atoms with E-state index < -0.39 is 5.97 Å². The molecule has 1 aromatic carbocycles. The molecule has 0 fully saturated rings. The van der Waals surface area contributed by atoms with E-state index in [1.165, 1.54) is 6.92 Å². The van der Waals surface area contributed by atoms with Gasteiger partial charge in [0.05, 0.1) is 0 Å². The van der Waals surface area contributed by atoms with E-state index in [1.54, 1.807) is 19.9 Å². The van der Waals surface area contributed by atoms with Gasteiger partial charge in [-0.3, -0.25) is 9.59 Å². The second kappa shape index (κ2) is 5.51. The fourth-order valence-electron chi connectivity index (χ4n) is 3.15. The van der Waals surface area contributed by atoms with Gasteiger partial charge in [-0.2, -0.15) is 0 Å². The Morgan fingerprint density at radius 2 is 2.00 bits per heavy atom. The molecule has 2 rings (SSSR count). The molecule has 4 nitrogen and oxygen atoms in total. The highest BCUT2D eigenvalue weighted by Gasteiger charge is 2.37. The highest BCUT2D eigenvalue weighted by Crippen LogP contribution is 2.49. The minimum atomic E-state index is -0.391. The van der Waals surface area contributed by atoms with E-state index in [0.29, 0.717) is 23.3 Å². The van der Waals surface area contributed by atoms with Gasteiger partial charge in [0.2, 0.25) is 0 Å². The van der Waals surface area contributed by atoms with Crippen molar-refractivity contribution in [2.24, 2.45) is 5.92 Å². The van der Waals surface area contributed by atoms with Crippen molar-refractivity contribution in [2.75, 3.05) is 0 Å². The number of benzene rings is 1. The van der Waals surface area contributed by atoms with Crippen molar-refractivity contribution in [3.63, 3.8) is 0 Å². The molecule has 0 aromatic heterocycles. The van der Waals surface area contributed by atoms with Gasteiger partial charge >= 0.3 is 5.97 Å². The molecule has 4 heteroatoms. The number of ether oxygens (including phenoxy) is 1. The van der Waals surface area contributed by atoms with E-state index >= 15 is 0 Å². The zero-order chi connectivity index (χ0) is 15.9. The summed E-state index contributed by atoms with van der Waals surface area (Å²) < 4.78 is 5.40. The van der Waals surface area contributed by atoms with E-state index in [9.17, 15) is 14.7 Å². The SMILES string of the molecule is CC(=O)Oc1c(C)cc(O)c2c1[C@H](C(C)C)CC(=O)[C@H]2C. The first-order valence-electron chi connectivity index (χ1n) is 7.31. The first-order chi connectivity index (χ1) is 9.73. The van der Waals surface area contributed by atoms with Crippen LogP contribution in [-0.4, -0.2) is 16.9 Å². The fourth-order valence-corrected chi connectivity index (χ4v) is 3.15. The molecule has 0 spiro atoms. The lowest BCUT2D eigenvalue weighted by atomic mass is 9.71. The number of hydrogen-bond acceptors (Lipinski definition) is 4. The Morgan fingerprint density at radius 3 is 2.52 bits per heavy atom. The normalized spacial score (nSPS) is 21.3. The molecule has 21 heavy (non-hydrogen) atoms. The van der Waals surface area contributed by atoms with E-state index in [2.05, 4.69) is 0 Å². The quantitative estimate of drug-likeness (QED) is 0.669. The van der Waals surface area contributed by atoms with Gasteiger partial charge in [0.25, 0.3) is 0 Å². The van der Waals surface area contributed by atoms with Gasteiger partial charge in [0.15, 0.2) is 0 Å². The van der Waals surface area contributed by atoms with Gasteiger partial charge in [-0.1, -0.05) is 20.8 Å². The van der Waals surface area contributed by atoms with Crippen molar-refractivity contribution in [3.05, 3.63) is 22.8 Å². The third-order valence-corrected chi connectivity index (χ3v) is 4.28. The summed E-state index contributed by atoms with van der Waals surface area (Å²) in [5.74, 6) is 0.162. The van der Waals surface area contributed by atoms with Crippen molar-refractivity contribution in [2.45, 2.75) is 52.9 Å². The molecule has 0 unspecified atom stereocenters. The van der Waals surface area contributed by atoms with Crippen molar-refractivity contribution in [1.82, 2.24) is 0 Å². The number of carbonyl (C=O) groups is 2. The molecule has 1 aromatic rings. The molecule has 0 amide bonds. The molecular formula is C17H22O4. The number of esters is 1. The second-order valence-corrected chi connectivity index (χ2v) is 6.21. The standard InChI is InChI=1S/C17H22O4/c1-8(2)12-7-13(19)10(4)15-14(20)6-9(3)17(16(12)15)21-11(5)18/h6,8,10,12,20H,7H2,1-5H3/t10-,12+/m1/s1.